The second-order valence-corrected chi connectivity index (χ2v) is 8.37. The predicted octanol–water partition coefficient (Wildman–Crippen LogP) is 6.93. The van der Waals surface area contributed by atoms with Crippen molar-refractivity contribution in [2.75, 3.05) is 6.61 Å². The van der Waals surface area contributed by atoms with E-state index in [0.29, 0.717) is 27.1 Å². The SMILES string of the molecule is CCOC(=O)c1c(SCc2ccc(Cl)cc2)nnc(-c2ccccc2)c1-c1ccccc1. The Labute approximate surface area is 196 Å². The molecule has 1 aromatic heterocycles. The van der Waals surface area contributed by atoms with Crippen molar-refractivity contribution in [1.29, 1.82) is 0 Å². The van der Waals surface area contributed by atoms with Gasteiger partial charge in [0.25, 0.3) is 0 Å². The molecule has 0 fully saturated rings. The molecular formula is C26H21ClN2O2S. The summed E-state index contributed by atoms with van der Waals surface area (Å²) in [5.74, 6) is 0.217. The predicted molar refractivity (Wildman–Crippen MR) is 130 cm³/mol. The second kappa shape index (κ2) is 10.4. The molecule has 0 radical (unpaired) electrons. The van der Waals surface area contributed by atoms with E-state index in [1.165, 1.54) is 11.8 Å². The third-order valence-electron chi connectivity index (χ3n) is 4.82. The third kappa shape index (κ3) is 5.01. The largest absolute Gasteiger partial charge is 0.462 e. The van der Waals surface area contributed by atoms with Crippen molar-refractivity contribution in [3.63, 3.8) is 0 Å². The number of hydrogen-bond acceptors (Lipinski definition) is 5. The van der Waals surface area contributed by atoms with Gasteiger partial charge in [0.1, 0.15) is 16.3 Å². The minimum atomic E-state index is -0.406. The number of benzene rings is 3. The van der Waals surface area contributed by atoms with Crippen molar-refractivity contribution in [3.05, 3.63) is 101 Å². The summed E-state index contributed by atoms with van der Waals surface area (Å²) >= 11 is 7.46. The molecule has 0 atom stereocenters. The normalized spacial score (nSPS) is 10.7. The zero-order chi connectivity index (χ0) is 22.3. The molecule has 0 spiro atoms. The number of thioether (sulfide) groups is 1. The summed E-state index contributed by atoms with van der Waals surface area (Å²) in [6.07, 6.45) is 0. The molecule has 0 aliphatic heterocycles. The van der Waals surface area contributed by atoms with Crippen molar-refractivity contribution in [2.24, 2.45) is 0 Å². The lowest BCUT2D eigenvalue weighted by Gasteiger charge is -2.16. The molecular weight excluding hydrogens is 440 g/mol. The van der Waals surface area contributed by atoms with E-state index < -0.39 is 5.97 Å². The van der Waals surface area contributed by atoms with E-state index in [4.69, 9.17) is 16.3 Å². The number of halogens is 1. The minimum Gasteiger partial charge on any atom is -0.462 e. The maximum atomic E-state index is 13.2. The summed E-state index contributed by atoms with van der Waals surface area (Å²) in [5.41, 5.74) is 4.66. The molecule has 0 saturated carbocycles. The van der Waals surface area contributed by atoms with Gasteiger partial charge in [0.05, 0.1) is 6.61 Å². The van der Waals surface area contributed by atoms with Gasteiger partial charge in [-0.25, -0.2) is 4.79 Å². The Hall–Kier alpha value is -3.15. The standard InChI is InChI=1S/C26H21ClN2O2S/c1-2-31-26(30)23-22(19-9-5-3-6-10-19)24(20-11-7-4-8-12-20)28-29-25(23)32-17-18-13-15-21(27)16-14-18/h3-16H,2,17H2,1H3. The van der Waals surface area contributed by atoms with Crippen LogP contribution in [0.3, 0.4) is 0 Å². The lowest BCUT2D eigenvalue weighted by molar-refractivity contribution is 0.0522. The summed E-state index contributed by atoms with van der Waals surface area (Å²) in [4.78, 5) is 13.2. The van der Waals surface area contributed by atoms with Gasteiger partial charge in [-0.3, -0.25) is 0 Å². The van der Waals surface area contributed by atoms with Gasteiger partial charge in [-0.2, -0.15) is 0 Å². The fourth-order valence-electron chi connectivity index (χ4n) is 3.33. The Morgan fingerprint density at radius 3 is 2.12 bits per heavy atom. The topological polar surface area (TPSA) is 52.1 Å². The van der Waals surface area contributed by atoms with Crippen LogP contribution in [0.15, 0.2) is 90.0 Å². The quantitative estimate of drug-likeness (QED) is 0.221. The zero-order valence-electron chi connectivity index (χ0n) is 17.5. The fraction of sp³-hybridized carbons (Fsp3) is 0.115. The molecule has 6 heteroatoms. The van der Waals surface area contributed by atoms with Crippen LogP contribution in [0.2, 0.25) is 5.02 Å². The number of rotatable bonds is 7. The summed E-state index contributed by atoms with van der Waals surface area (Å²) in [7, 11) is 0. The first kappa shape index (κ1) is 22.1. The number of ether oxygens (including phenoxy) is 1. The highest BCUT2D eigenvalue weighted by Gasteiger charge is 2.25. The Morgan fingerprint density at radius 2 is 1.50 bits per heavy atom. The van der Waals surface area contributed by atoms with Crippen molar-refractivity contribution in [2.45, 2.75) is 17.7 Å². The van der Waals surface area contributed by atoms with Crippen LogP contribution < -0.4 is 0 Å². The monoisotopic (exact) mass is 460 g/mol. The molecule has 1 heterocycles. The first-order valence-corrected chi connectivity index (χ1v) is 11.6. The first-order valence-electron chi connectivity index (χ1n) is 10.2. The van der Waals surface area contributed by atoms with Crippen molar-refractivity contribution < 1.29 is 9.53 Å². The Morgan fingerprint density at radius 1 is 0.875 bits per heavy atom. The second-order valence-electron chi connectivity index (χ2n) is 6.97. The Kier molecular flexibility index (Phi) is 7.20. The summed E-state index contributed by atoms with van der Waals surface area (Å²) in [6, 6.07) is 27.2. The molecule has 0 aliphatic carbocycles. The highest BCUT2D eigenvalue weighted by molar-refractivity contribution is 7.98. The smallest absolute Gasteiger partial charge is 0.341 e. The number of nitrogens with zero attached hydrogens (tertiary/aromatic N) is 2. The van der Waals surface area contributed by atoms with Crippen LogP contribution in [0.1, 0.15) is 22.8 Å². The van der Waals surface area contributed by atoms with Crippen LogP contribution in [-0.2, 0) is 10.5 Å². The van der Waals surface area contributed by atoms with Crippen LogP contribution in [0.25, 0.3) is 22.4 Å². The molecule has 4 rings (SSSR count). The molecule has 0 saturated heterocycles. The zero-order valence-corrected chi connectivity index (χ0v) is 19.1. The van der Waals surface area contributed by atoms with Gasteiger partial charge >= 0.3 is 5.97 Å². The van der Waals surface area contributed by atoms with Crippen molar-refractivity contribution in [3.8, 4) is 22.4 Å². The summed E-state index contributed by atoms with van der Waals surface area (Å²) in [6.45, 7) is 2.07. The molecule has 4 aromatic rings. The first-order chi connectivity index (χ1) is 15.7. The van der Waals surface area contributed by atoms with E-state index in [-0.39, 0.29) is 6.61 Å². The molecule has 0 amide bonds. The van der Waals surface area contributed by atoms with E-state index in [1.807, 2.05) is 84.9 Å². The third-order valence-corrected chi connectivity index (χ3v) is 6.11. The van der Waals surface area contributed by atoms with Gasteiger partial charge < -0.3 is 4.74 Å². The van der Waals surface area contributed by atoms with Gasteiger partial charge in [-0.05, 0) is 30.2 Å². The maximum Gasteiger partial charge on any atom is 0.341 e. The fourth-order valence-corrected chi connectivity index (χ4v) is 4.38. The van der Waals surface area contributed by atoms with Gasteiger partial charge in [0.15, 0.2) is 0 Å². The minimum absolute atomic E-state index is 0.275. The molecule has 0 aliphatic rings. The van der Waals surface area contributed by atoms with E-state index >= 15 is 0 Å². The van der Waals surface area contributed by atoms with Crippen LogP contribution in [-0.4, -0.2) is 22.8 Å². The van der Waals surface area contributed by atoms with E-state index in [0.717, 1.165) is 22.3 Å². The van der Waals surface area contributed by atoms with Crippen LogP contribution in [0, 0.1) is 0 Å². The highest BCUT2D eigenvalue weighted by atomic mass is 35.5. The number of aromatic nitrogens is 2. The lowest BCUT2D eigenvalue weighted by atomic mass is 9.96. The number of carbonyl (C=O) groups is 1. The lowest BCUT2D eigenvalue weighted by Crippen LogP contribution is -2.12. The van der Waals surface area contributed by atoms with E-state index in [2.05, 4.69) is 10.2 Å². The molecule has 0 bridgehead atoms. The Balaban J connectivity index is 1.86. The van der Waals surface area contributed by atoms with Gasteiger partial charge in [-0.1, -0.05) is 96.2 Å². The average molecular weight is 461 g/mol. The average Bonchev–Trinajstić information content (AvgIpc) is 2.84. The molecule has 32 heavy (non-hydrogen) atoms. The summed E-state index contributed by atoms with van der Waals surface area (Å²) in [5, 5.41) is 10.2. The number of esters is 1. The molecule has 3 aromatic carbocycles. The van der Waals surface area contributed by atoms with Crippen molar-refractivity contribution >= 4 is 29.3 Å². The number of carbonyl (C=O) groups excluding carboxylic acids is 1. The van der Waals surface area contributed by atoms with Crippen molar-refractivity contribution in [1.82, 2.24) is 10.2 Å². The molecule has 4 nitrogen and oxygen atoms in total. The summed E-state index contributed by atoms with van der Waals surface area (Å²) < 4.78 is 5.45. The number of hydrogen-bond donors (Lipinski definition) is 0. The molecule has 160 valence electrons. The van der Waals surface area contributed by atoms with Gasteiger partial charge in [0.2, 0.25) is 0 Å². The van der Waals surface area contributed by atoms with E-state index in [1.54, 1.807) is 6.92 Å². The van der Waals surface area contributed by atoms with Gasteiger partial charge in [-0.15, -0.1) is 10.2 Å². The molecule has 0 unspecified atom stereocenters. The van der Waals surface area contributed by atoms with E-state index in [9.17, 15) is 4.79 Å². The van der Waals surface area contributed by atoms with Crippen LogP contribution in [0.4, 0.5) is 0 Å². The maximum absolute atomic E-state index is 13.2. The highest BCUT2D eigenvalue weighted by Crippen LogP contribution is 2.38. The van der Waals surface area contributed by atoms with Crippen LogP contribution >= 0.6 is 23.4 Å². The van der Waals surface area contributed by atoms with Crippen LogP contribution in [0.5, 0.6) is 0 Å². The van der Waals surface area contributed by atoms with Gasteiger partial charge in [0, 0.05) is 21.9 Å². The Bertz CT molecular complexity index is 1200. The molecule has 0 N–H and O–H groups in total.